The van der Waals surface area contributed by atoms with E-state index < -0.39 is 5.60 Å². The highest BCUT2D eigenvalue weighted by atomic mass is 19.1. The van der Waals surface area contributed by atoms with Gasteiger partial charge in [-0.3, -0.25) is 0 Å². The van der Waals surface area contributed by atoms with Crippen molar-refractivity contribution in [2.45, 2.75) is 31.4 Å². The van der Waals surface area contributed by atoms with Gasteiger partial charge in [0.25, 0.3) is 0 Å². The lowest BCUT2D eigenvalue weighted by atomic mass is 9.88. The summed E-state index contributed by atoms with van der Waals surface area (Å²) in [5, 5.41) is 0. The zero-order chi connectivity index (χ0) is 12.5. The minimum atomic E-state index is -0.429. The maximum Gasteiger partial charge on any atom is 0.123 e. The number of nitrogens with two attached hydrogens (primary N) is 1. The summed E-state index contributed by atoms with van der Waals surface area (Å²) in [6.07, 6.45) is 1.87. The second kappa shape index (κ2) is 4.63. The van der Waals surface area contributed by atoms with Gasteiger partial charge in [0.2, 0.25) is 0 Å². The minimum absolute atomic E-state index is 0.308. The van der Waals surface area contributed by atoms with Crippen molar-refractivity contribution in [3.8, 4) is 5.75 Å². The van der Waals surface area contributed by atoms with Crippen LogP contribution in [0, 0.1) is 5.82 Å². The lowest BCUT2D eigenvalue weighted by Crippen LogP contribution is -2.37. The van der Waals surface area contributed by atoms with Crippen LogP contribution in [0.1, 0.15) is 31.4 Å². The number of halogens is 1. The molecule has 2 unspecified atom stereocenters. The molecule has 17 heavy (non-hydrogen) atoms. The molecule has 0 amide bonds. The first kappa shape index (κ1) is 12.3. The van der Waals surface area contributed by atoms with Crippen molar-refractivity contribution in [1.82, 2.24) is 0 Å². The molecular weight excluding hydrogens is 221 g/mol. The Labute approximate surface area is 101 Å². The first-order valence-electron chi connectivity index (χ1n) is 5.80. The Bertz CT molecular complexity index is 402. The van der Waals surface area contributed by atoms with E-state index in [-0.39, 0.29) is 11.9 Å². The second-order valence-corrected chi connectivity index (χ2v) is 4.63. The molecule has 1 saturated heterocycles. The van der Waals surface area contributed by atoms with Crippen LogP contribution in [0.3, 0.4) is 0 Å². The van der Waals surface area contributed by atoms with Gasteiger partial charge in [-0.15, -0.1) is 0 Å². The normalized spacial score (nSPS) is 25.9. The Balaban J connectivity index is 2.35. The summed E-state index contributed by atoms with van der Waals surface area (Å²) < 4.78 is 24.2. The van der Waals surface area contributed by atoms with Crippen LogP contribution in [-0.2, 0) is 4.74 Å². The van der Waals surface area contributed by atoms with E-state index in [9.17, 15) is 4.39 Å². The number of hydrogen-bond acceptors (Lipinski definition) is 3. The Morgan fingerprint density at radius 3 is 2.88 bits per heavy atom. The van der Waals surface area contributed by atoms with Gasteiger partial charge in [0.1, 0.15) is 11.6 Å². The fraction of sp³-hybridized carbons (Fsp3) is 0.538. The lowest BCUT2D eigenvalue weighted by Gasteiger charge is -2.31. The van der Waals surface area contributed by atoms with Crippen molar-refractivity contribution < 1.29 is 13.9 Å². The third-order valence-corrected chi connectivity index (χ3v) is 3.43. The largest absolute Gasteiger partial charge is 0.496 e. The van der Waals surface area contributed by atoms with Gasteiger partial charge in [-0.05, 0) is 38.0 Å². The molecule has 2 N–H and O–H groups in total. The molecule has 1 aromatic rings. The van der Waals surface area contributed by atoms with Crippen LogP contribution >= 0.6 is 0 Å². The molecule has 3 nitrogen and oxygen atoms in total. The molecule has 0 saturated carbocycles. The maximum atomic E-state index is 13.3. The van der Waals surface area contributed by atoms with Gasteiger partial charge in [0.15, 0.2) is 0 Å². The van der Waals surface area contributed by atoms with Crippen LogP contribution in [-0.4, -0.2) is 19.3 Å². The Hall–Kier alpha value is -1.13. The van der Waals surface area contributed by atoms with Crippen LogP contribution in [0.2, 0.25) is 0 Å². The topological polar surface area (TPSA) is 44.5 Å². The van der Waals surface area contributed by atoms with Gasteiger partial charge in [0.05, 0.1) is 18.8 Å². The molecule has 0 bridgehead atoms. The summed E-state index contributed by atoms with van der Waals surface area (Å²) >= 11 is 0. The third-order valence-electron chi connectivity index (χ3n) is 3.43. The molecular formula is C13H18FNO2. The fourth-order valence-electron chi connectivity index (χ4n) is 2.32. The van der Waals surface area contributed by atoms with E-state index in [1.807, 2.05) is 6.92 Å². The van der Waals surface area contributed by atoms with Gasteiger partial charge in [0, 0.05) is 12.2 Å². The Kier molecular flexibility index (Phi) is 3.35. The van der Waals surface area contributed by atoms with E-state index >= 15 is 0 Å². The van der Waals surface area contributed by atoms with Gasteiger partial charge in [-0.1, -0.05) is 0 Å². The quantitative estimate of drug-likeness (QED) is 0.881. The molecule has 2 rings (SSSR count). The molecule has 1 fully saturated rings. The van der Waals surface area contributed by atoms with Crippen molar-refractivity contribution in [1.29, 1.82) is 0 Å². The molecule has 0 radical (unpaired) electrons. The van der Waals surface area contributed by atoms with E-state index in [2.05, 4.69) is 0 Å². The second-order valence-electron chi connectivity index (χ2n) is 4.63. The SMILES string of the molecule is COc1ccc(F)cc1C(N)C1(C)CCCO1. The van der Waals surface area contributed by atoms with Crippen LogP contribution < -0.4 is 10.5 Å². The van der Waals surface area contributed by atoms with E-state index in [0.717, 1.165) is 12.8 Å². The van der Waals surface area contributed by atoms with E-state index in [4.69, 9.17) is 15.2 Å². The number of methoxy groups -OCH3 is 1. The van der Waals surface area contributed by atoms with E-state index in [0.29, 0.717) is 17.9 Å². The molecule has 1 aliphatic heterocycles. The number of rotatable bonds is 3. The predicted octanol–water partition coefficient (Wildman–Crippen LogP) is 2.40. The van der Waals surface area contributed by atoms with Gasteiger partial charge >= 0.3 is 0 Å². The van der Waals surface area contributed by atoms with Gasteiger partial charge in [-0.25, -0.2) is 4.39 Å². The average molecular weight is 239 g/mol. The molecule has 4 heteroatoms. The lowest BCUT2D eigenvalue weighted by molar-refractivity contribution is -0.00232. The smallest absolute Gasteiger partial charge is 0.123 e. The molecule has 0 spiro atoms. The molecule has 0 aromatic heterocycles. The van der Waals surface area contributed by atoms with Crippen molar-refractivity contribution in [3.05, 3.63) is 29.6 Å². The monoisotopic (exact) mass is 239 g/mol. The van der Waals surface area contributed by atoms with Gasteiger partial charge in [-0.2, -0.15) is 0 Å². The van der Waals surface area contributed by atoms with Gasteiger partial charge < -0.3 is 15.2 Å². The first-order chi connectivity index (χ1) is 8.07. The Morgan fingerprint density at radius 1 is 1.53 bits per heavy atom. The molecule has 0 aliphatic carbocycles. The highest BCUT2D eigenvalue weighted by molar-refractivity contribution is 5.38. The number of benzene rings is 1. The number of ether oxygens (including phenoxy) is 2. The Morgan fingerprint density at radius 2 is 2.29 bits per heavy atom. The number of hydrogen-bond donors (Lipinski definition) is 1. The maximum absolute atomic E-state index is 13.3. The highest BCUT2D eigenvalue weighted by Gasteiger charge is 2.38. The molecule has 94 valence electrons. The van der Waals surface area contributed by atoms with Crippen LogP contribution in [0.4, 0.5) is 4.39 Å². The third kappa shape index (κ3) is 2.28. The van der Waals surface area contributed by atoms with Crippen molar-refractivity contribution >= 4 is 0 Å². The minimum Gasteiger partial charge on any atom is -0.496 e. The molecule has 1 heterocycles. The summed E-state index contributed by atoms with van der Waals surface area (Å²) in [6.45, 7) is 2.68. The zero-order valence-corrected chi connectivity index (χ0v) is 10.2. The van der Waals surface area contributed by atoms with Crippen LogP contribution in [0.25, 0.3) is 0 Å². The highest BCUT2D eigenvalue weighted by Crippen LogP contribution is 2.39. The predicted molar refractivity (Wildman–Crippen MR) is 63.5 cm³/mol. The fourth-order valence-corrected chi connectivity index (χ4v) is 2.32. The summed E-state index contributed by atoms with van der Waals surface area (Å²) in [4.78, 5) is 0. The summed E-state index contributed by atoms with van der Waals surface area (Å²) in [5.74, 6) is 0.300. The summed E-state index contributed by atoms with van der Waals surface area (Å²) in [5.41, 5.74) is 6.44. The summed E-state index contributed by atoms with van der Waals surface area (Å²) in [7, 11) is 1.56. The molecule has 1 aromatic carbocycles. The van der Waals surface area contributed by atoms with Crippen molar-refractivity contribution in [2.24, 2.45) is 5.73 Å². The van der Waals surface area contributed by atoms with Crippen molar-refractivity contribution in [2.75, 3.05) is 13.7 Å². The standard InChI is InChI=1S/C13H18FNO2/c1-13(6-3-7-17-13)12(15)10-8-9(14)4-5-11(10)16-2/h4-5,8,12H,3,6-7,15H2,1-2H3. The molecule has 2 atom stereocenters. The van der Waals surface area contributed by atoms with Crippen molar-refractivity contribution in [3.63, 3.8) is 0 Å². The van der Waals surface area contributed by atoms with Crippen LogP contribution in [0.15, 0.2) is 18.2 Å². The first-order valence-corrected chi connectivity index (χ1v) is 5.80. The van der Waals surface area contributed by atoms with Crippen LogP contribution in [0.5, 0.6) is 5.75 Å². The van der Waals surface area contributed by atoms with E-state index in [1.54, 1.807) is 13.2 Å². The zero-order valence-electron chi connectivity index (χ0n) is 10.2. The molecule has 1 aliphatic rings. The summed E-state index contributed by atoms with van der Waals surface area (Å²) in [6, 6.07) is 4.02. The van der Waals surface area contributed by atoms with E-state index in [1.165, 1.54) is 12.1 Å². The average Bonchev–Trinajstić information content (AvgIpc) is 2.76.